The molecule has 0 bridgehead atoms. The average Bonchev–Trinajstić information content (AvgIpc) is 1.83. The fourth-order valence-corrected chi connectivity index (χ4v) is 0.181. The third-order valence-corrected chi connectivity index (χ3v) is 0.489. The van der Waals surface area contributed by atoms with Gasteiger partial charge in [-0.3, -0.25) is 11.3 Å². The molecule has 0 rings (SSSR count). The third kappa shape index (κ3) is 13.0. The van der Waals surface area contributed by atoms with E-state index in [0.29, 0.717) is 6.54 Å². The van der Waals surface area contributed by atoms with Crippen molar-refractivity contribution in [2.24, 2.45) is 5.73 Å². The van der Waals surface area contributed by atoms with Gasteiger partial charge in [0.25, 0.3) is 0 Å². The van der Waals surface area contributed by atoms with Crippen molar-refractivity contribution in [3.63, 3.8) is 0 Å². The van der Waals surface area contributed by atoms with Crippen LogP contribution in [0.3, 0.4) is 0 Å². The van der Waals surface area contributed by atoms with Gasteiger partial charge in [-0.05, 0) is 0 Å². The molecule has 0 aromatic heterocycles. The number of carbonyl (C=O) groups excluding carboxylic acids is 1. The first kappa shape index (κ1) is 17.2. The largest absolute Gasteiger partial charge is 0.505 e. The van der Waals surface area contributed by atoms with E-state index in [9.17, 15) is 9.59 Å². The summed E-state index contributed by atoms with van der Waals surface area (Å²) >= 11 is 0. The van der Waals surface area contributed by atoms with Gasteiger partial charge in [-0.1, -0.05) is 0 Å². The van der Waals surface area contributed by atoms with Gasteiger partial charge in [-0.25, -0.2) is 6.54 Å². The van der Waals surface area contributed by atoms with Crippen LogP contribution in [0.25, 0.3) is 0 Å². The van der Waals surface area contributed by atoms with Crippen molar-refractivity contribution in [1.29, 1.82) is 0 Å². The predicted octanol–water partition coefficient (Wildman–Crippen LogP) is -1.54. The Balaban J connectivity index is -0.000000320. The number of carboxylic acid groups (broad SMARTS) is 1. The zero-order valence-corrected chi connectivity index (χ0v) is 10.7. The number of rotatable bonds is 3. The molecule has 0 atom stereocenters. The molecule has 0 fully saturated rings. The first-order valence-corrected chi connectivity index (χ1v) is 2.08. The molecule has 2 radical (unpaired) electrons. The summed E-state index contributed by atoms with van der Waals surface area (Å²) in [6.45, 7) is 1.34. The van der Waals surface area contributed by atoms with Gasteiger partial charge < -0.3 is 21.0 Å². The molecule has 0 saturated carbocycles. The van der Waals surface area contributed by atoms with E-state index in [4.69, 9.17) is 10.8 Å². The summed E-state index contributed by atoms with van der Waals surface area (Å²) in [4.78, 5) is 19.8. The molecule has 7 heteroatoms. The standard InChI is InChI=1S/C4H6N2O3.2Re/c5-1-3(7)6-2-4(8)9;;/h1-2H,5H2,(H,6,7)(H,8,9);;/q-2;;. The molecule has 0 spiro atoms. The van der Waals surface area contributed by atoms with Gasteiger partial charge in [0.2, 0.25) is 0 Å². The molecule has 11 heavy (non-hydrogen) atoms. The Morgan fingerprint density at radius 2 is 1.82 bits per heavy atom. The first-order chi connectivity index (χ1) is 4.16. The minimum Gasteiger partial charge on any atom is -0.505 e. The molecular weight excluding hydrogens is 496 g/mol. The molecule has 4 N–H and O–H groups in total. The summed E-state index contributed by atoms with van der Waals surface area (Å²) in [5, 5.41) is 9.82. The van der Waals surface area contributed by atoms with Gasteiger partial charge in [-0.2, -0.15) is 0 Å². The minimum absolute atomic E-state index is 0. The van der Waals surface area contributed by atoms with Crippen molar-refractivity contribution in [2.45, 2.75) is 0 Å². The maximum atomic E-state index is 10.1. The quantitative estimate of drug-likeness (QED) is 0.409. The molecule has 0 heterocycles. The zero-order chi connectivity index (χ0) is 7.28. The van der Waals surface area contributed by atoms with Crippen LogP contribution < -0.4 is 11.1 Å². The van der Waals surface area contributed by atoms with E-state index in [1.807, 2.05) is 5.32 Å². The van der Waals surface area contributed by atoms with Crippen LogP contribution in [0, 0.1) is 13.1 Å². The number of carbonyl (C=O) groups is 2. The first-order valence-electron chi connectivity index (χ1n) is 2.08. The van der Waals surface area contributed by atoms with Crippen molar-refractivity contribution < 1.29 is 55.5 Å². The maximum absolute atomic E-state index is 10.1. The van der Waals surface area contributed by atoms with E-state index >= 15 is 0 Å². The summed E-state index contributed by atoms with van der Waals surface area (Å²) in [7, 11) is 0. The van der Waals surface area contributed by atoms with Crippen LogP contribution in [0.15, 0.2) is 0 Å². The van der Waals surface area contributed by atoms with E-state index in [2.05, 4.69) is 0 Å². The van der Waals surface area contributed by atoms with E-state index in [0.717, 1.165) is 6.54 Å². The van der Waals surface area contributed by atoms with Crippen LogP contribution in [0.1, 0.15) is 0 Å². The molecule has 0 aromatic rings. The number of aliphatic carboxylic acids is 1. The smallest absolute Gasteiger partial charge is 0.182 e. The van der Waals surface area contributed by atoms with Crippen molar-refractivity contribution in [3.05, 3.63) is 13.1 Å². The SMILES string of the molecule is N[CH-]C(=O)N[CH-]C(=O)O.[Re].[Re]. The van der Waals surface area contributed by atoms with E-state index in [-0.39, 0.29) is 40.8 Å². The van der Waals surface area contributed by atoms with Gasteiger partial charge in [-0.15, -0.1) is 0 Å². The molecule has 0 unspecified atom stereocenters. The van der Waals surface area contributed by atoms with Gasteiger partial charge in [0, 0.05) is 40.8 Å². The van der Waals surface area contributed by atoms with Crippen molar-refractivity contribution in [3.8, 4) is 0 Å². The van der Waals surface area contributed by atoms with Crippen LogP contribution in [0.5, 0.6) is 0 Å². The van der Waals surface area contributed by atoms with E-state index < -0.39 is 11.9 Å². The molecule has 0 aliphatic heterocycles. The maximum Gasteiger partial charge on any atom is 0.182 e. The van der Waals surface area contributed by atoms with E-state index in [1.54, 1.807) is 0 Å². The fraction of sp³-hybridized carbons (Fsp3) is 0. The minimum atomic E-state index is -1.22. The number of carboxylic acids is 1. The van der Waals surface area contributed by atoms with Gasteiger partial charge in [0.05, 0.1) is 5.91 Å². The zero-order valence-electron chi connectivity index (χ0n) is 5.25. The van der Waals surface area contributed by atoms with Crippen LogP contribution in [-0.2, 0) is 50.4 Å². The molecule has 1 amide bonds. The number of hydrogen-bond acceptors (Lipinski definition) is 3. The normalized spacial score (nSPS) is 6.27. The van der Waals surface area contributed by atoms with Crippen LogP contribution in [-0.4, -0.2) is 17.0 Å². The Morgan fingerprint density at radius 1 is 1.36 bits per heavy atom. The predicted molar refractivity (Wildman–Crippen MR) is 28.6 cm³/mol. The van der Waals surface area contributed by atoms with Gasteiger partial charge in [0.15, 0.2) is 5.97 Å². The molecule has 0 aliphatic carbocycles. The molecule has 5 nitrogen and oxygen atoms in total. The van der Waals surface area contributed by atoms with Crippen LogP contribution in [0.2, 0.25) is 0 Å². The Hall–Kier alpha value is -0.0353. The Bertz CT molecular complexity index is 131. The fourth-order valence-electron chi connectivity index (χ4n) is 0.181. The number of nitrogens with two attached hydrogens (primary N) is 1. The van der Waals surface area contributed by atoms with Crippen molar-refractivity contribution in [2.75, 3.05) is 0 Å². The van der Waals surface area contributed by atoms with Crippen LogP contribution >= 0.6 is 0 Å². The van der Waals surface area contributed by atoms with Crippen molar-refractivity contribution in [1.82, 2.24) is 5.32 Å². The summed E-state index contributed by atoms with van der Waals surface area (Å²) in [6, 6.07) is 0. The Morgan fingerprint density at radius 3 is 2.09 bits per heavy atom. The summed E-state index contributed by atoms with van der Waals surface area (Å²) in [5.41, 5.74) is 4.71. The summed E-state index contributed by atoms with van der Waals surface area (Å²) in [6.07, 6.45) is 0. The number of nitrogens with one attached hydrogen (secondary N) is 1. The van der Waals surface area contributed by atoms with Gasteiger partial charge >= 0.3 is 0 Å². The van der Waals surface area contributed by atoms with Crippen LogP contribution in [0.4, 0.5) is 0 Å². The topological polar surface area (TPSA) is 92.4 Å². The Labute approximate surface area is 91.4 Å². The molecule has 0 aliphatic rings. The summed E-state index contributed by atoms with van der Waals surface area (Å²) < 4.78 is 0. The van der Waals surface area contributed by atoms with Crippen molar-refractivity contribution >= 4 is 11.9 Å². The second-order valence-electron chi connectivity index (χ2n) is 1.16. The third-order valence-electron chi connectivity index (χ3n) is 0.489. The summed E-state index contributed by atoms with van der Waals surface area (Å²) in [5.74, 6) is -1.86. The monoisotopic (exact) mass is 504 g/mol. The second kappa shape index (κ2) is 9.96. The Kier molecular flexibility index (Phi) is 15.5. The van der Waals surface area contributed by atoms with E-state index in [1.165, 1.54) is 0 Å². The second-order valence-corrected chi connectivity index (χ2v) is 1.16. The molecule has 66 valence electrons. The molecule has 0 saturated heterocycles. The van der Waals surface area contributed by atoms with Gasteiger partial charge in [0.1, 0.15) is 0 Å². The number of hydrogen-bond donors (Lipinski definition) is 3. The molecule has 0 aromatic carbocycles. The number of amides is 1. The average molecular weight is 503 g/mol. The molecular formula is C4H6N2O3Re2-2.